The Morgan fingerprint density at radius 1 is 1.47 bits per heavy atom. The van der Waals surface area contributed by atoms with Crippen molar-refractivity contribution in [3.63, 3.8) is 0 Å². The Kier molecular flexibility index (Phi) is 5.15. The predicted molar refractivity (Wildman–Crippen MR) is 66.6 cm³/mol. The average molecular weight is 241 g/mol. The van der Waals surface area contributed by atoms with Crippen LogP contribution in [0.3, 0.4) is 0 Å². The van der Waals surface area contributed by atoms with Crippen LogP contribution in [0.5, 0.6) is 0 Å². The lowest BCUT2D eigenvalue weighted by molar-refractivity contribution is -0.138. The molecule has 0 radical (unpaired) electrons. The van der Waals surface area contributed by atoms with Gasteiger partial charge in [0, 0.05) is 0 Å². The maximum Gasteiger partial charge on any atom is 0.320 e. The number of carbonyl (C=O) groups is 1. The van der Waals surface area contributed by atoms with Crippen LogP contribution in [0.25, 0.3) is 0 Å². The maximum absolute atomic E-state index is 10.6. The van der Waals surface area contributed by atoms with Crippen molar-refractivity contribution in [1.29, 1.82) is 0 Å². The molecule has 1 rings (SSSR count). The number of aliphatic carboxylic acids is 1. The van der Waals surface area contributed by atoms with E-state index in [0.717, 1.165) is 12.8 Å². The van der Waals surface area contributed by atoms with Gasteiger partial charge in [-0.2, -0.15) is 0 Å². The van der Waals surface area contributed by atoms with Crippen LogP contribution in [-0.2, 0) is 4.79 Å². The van der Waals surface area contributed by atoms with Gasteiger partial charge < -0.3 is 15.9 Å². The molecule has 0 aromatic carbocycles. The second kappa shape index (κ2) is 6.17. The van der Waals surface area contributed by atoms with Gasteiger partial charge in [-0.05, 0) is 45.4 Å². The molecule has 0 aromatic rings. The normalized spacial score (nSPS) is 21.7. The molecule has 0 spiro atoms. The smallest absolute Gasteiger partial charge is 0.320 e. The molecule has 1 unspecified atom stereocenters. The summed E-state index contributed by atoms with van der Waals surface area (Å²) in [5, 5.41) is 18.9. The van der Waals surface area contributed by atoms with Crippen LogP contribution in [0.4, 0.5) is 0 Å². The largest absolute Gasteiger partial charge is 0.480 e. The van der Waals surface area contributed by atoms with E-state index in [1.807, 2.05) is 6.08 Å². The summed E-state index contributed by atoms with van der Waals surface area (Å²) < 4.78 is 0. The molecule has 4 N–H and O–H groups in total. The molecule has 2 atom stereocenters. The van der Waals surface area contributed by atoms with Crippen molar-refractivity contribution in [2.24, 2.45) is 5.73 Å². The summed E-state index contributed by atoms with van der Waals surface area (Å²) in [4.78, 5) is 10.6. The van der Waals surface area contributed by atoms with Gasteiger partial charge in [-0.1, -0.05) is 18.1 Å². The monoisotopic (exact) mass is 241 g/mol. The molecular formula is C13H23NO3. The van der Waals surface area contributed by atoms with Crippen LogP contribution in [0.1, 0.15) is 51.9 Å². The van der Waals surface area contributed by atoms with E-state index in [2.05, 4.69) is 0 Å². The van der Waals surface area contributed by atoms with Crippen molar-refractivity contribution in [3.8, 4) is 0 Å². The number of hydrogen-bond donors (Lipinski definition) is 3. The number of aliphatic hydroxyl groups is 1. The molecule has 1 aliphatic carbocycles. The fourth-order valence-corrected chi connectivity index (χ4v) is 2.23. The highest BCUT2D eigenvalue weighted by Gasteiger charge is 2.22. The Bertz CT molecular complexity index is 289. The van der Waals surface area contributed by atoms with Gasteiger partial charge in [0.05, 0.1) is 5.60 Å². The molecule has 0 bridgehead atoms. The van der Waals surface area contributed by atoms with Gasteiger partial charge in [0.15, 0.2) is 0 Å². The van der Waals surface area contributed by atoms with Crippen molar-refractivity contribution in [3.05, 3.63) is 11.6 Å². The lowest BCUT2D eigenvalue weighted by atomic mass is 9.88. The molecule has 0 aromatic heterocycles. The average Bonchev–Trinajstić information content (AvgIpc) is 2.26. The quantitative estimate of drug-likeness (QED) is 0.641. The fraction of sp³-hybridized carbons (Fsp3) is 0.769. The van der Waals surface area contributed by atoms with Gasteiger partial charge in [-0.15, -0.1) is 0 Å². The molecule has 1 aliphatic rings. The first-order valence-electron chi connectivity index (χ1n) is 6.32. The molecule has 0 heterocycles. The lowest BCUT2D eigenvalue weighted by Crippen LogP contribution is -2.33. The Hall–Kier alpha value is -0.870. The third-order valence-electron chi connectivity index (χ3n) is 3.29. The third-order valence-corrected chi connectivity index (χ3v) is 3.29. The summed E-state index contributed by atoms with van der Waals surface area (Å²) in [5.41, 5.74) is 5.79. The van der Waals surface area contributed by atoms with Crippen LogP contribution in [0.15, 0.2) is 11.6 Å². The zero-order chi connectivity index (χ0) is 12.9. The Labute approximate surface area is 103 Å². The number of nitrogens with two attached hydrogens (primary N) is 1. The second-order valence-corrected chi connectivity index (χ2v) is 5.20. The van der Waals surface area contributed by atoms with Gasteiger partial charge in [0.2, 0.25) is 0 Å². The van der Waals surface area contributed by atoms with Gasteiger partial charge in [-0.3, -0.25) is 4.79 Å². The number of hydrogen-bond acceptors (Lipinski definition) is 3. The Morgan fingerprint density at radius 3 is 2.59 bits per heavy atom. The highest BCUT2D eigenvalue weighted by molar-refractivity contribution is 5.72. The molecule has 1 fully saturated rings. The maximum atomic E-state index is 10.6. The molecule has 1 saturated carbocycles. The zero-order valence-electron chi connectivity index (χ0n) is 10.5. The zero-order valence-corrected chi connectivity index (χ0v) is 10.5. The van der Waals surface area contributed by atoms with Crippen molar-refractivity contribution < 1.29 is 15.0 Å². The first-order valence-corrected chi connectivity index (χ1v) is 6.32. The number of allylic oxidation sites excluding steroid dienone is 1. The minimum atomic E-state index is -1.01. The minimum Gasteiger partial charge on any atom is -0.480 e. The molecule has 98 valence electrons. The van der Waals surface area contributed by atoms with Crippen LogP contribution < -0.4 is 5.73 Å². The molecule has 0 amide bonds. The predicted octanol–water partition coefficient (Wildman–Crippen LogP) is 1.82. The number of carboxylic acid groups (broad SMARTS) is 1. The highest BCUT2D eigenvalue weighted by Crippen LogP contribution is 2.26. The summed E-state index contributed by atoms with van der Waals surface area (Å²) in [6.45, 7) is 1.73. The summed E-state index contributed by atoms with van der Waals surface area (Å²) in [7, 11) is 0. The van der Waals surface area contributed by atoms with Crippen molar-refractivity contribution in [2.45, 2.75) is 63.5 Å². The molecule has 4 nitrogen and oxygen atoms in total. The molecular weight excluding hydrogens is 218 g/mol. The summed E-state index contributed by atoms with van der Waals surface area (Å²) in [5.74, 6) is -1.01. The van der Waals surface area contributed by atoms with E-state index in [4.69, 9.17) is 10.8 Å². The Morgan fingerprint density at radius 2 is 2.06 bits per heavy atom. The van der Waals surface area contributed by atoms with Gasteiger partial charge >= 0.3 is 5.97 Å². The second-order valence-electron chi connectivity index (χ2n) is 5.20. The van der Waals surface area contributed by atoms with E-state index in [1.54, 1.807) is 6.92 Å². The van der Waals surface area contributed by atoms with Crippen molar-refractivity contribution in [1.82, 2.24) is 0 Å². The highest BCUT2D eigenvalue weighted by atomic mass is 16.4. The third kappa shape index (κ3) is 5.33. The van der Waals surface area contributed by atoms with Crippen molar-refractivity contribution >= 4 is 5.97 Å². The molecule has 0 aliphatic heterocycles. The SMILES string of the molecule is CC(O)(C=C1CCCCC1)CC[C@H](N)C(=O)O. The first kappa shape index (κ1) is 14.2. The molecule has 0 saturated heterocycles. The van der Waals surface area contributed by atoms with E-state index in [9.17, 15) is 9.90 Å². The summed E-state index contributed by atoms with van der Waals surface area (Å²) >= 11 is 0. The Balaban J connectivity index is 2.46. The lowest BCUT2D eigenvalue weighted by Gasteiger charge is -2.23. The summed E-state index contributed by atoms with van der Waals surface area (Å²) in [6, 6.07) is -0.883. The van der Waals surface area contributed by atoms with E-state index < -0.39 is 17.6 Å². The van der Waals surface area contributed by atoms with E-state index >= 15 is 0 Å². The molecule has 17 heavy (non-hydrogen) atoms. The van der Waals surface area contributed by atoms with Crippen LogP contribution in [0.2, 0.25) is 0 Å². The van der Waals surface area contributed by atoms with E-state index in [0.29, 0.717) is 12.8 Å². The fourth-order valence-electron chi connectivity index (χ4n) is 2.23. The molecule has 4 heteroatoms. The number of carboxylic acids is 1. The van der Waals surface area contributed by atoms with Gasteiger partial charge in [0.1, 0.15) is 6.04 Å². The van der Waals surface area contributed by atoms with E-state index in [-0.39, 0.29) is 0 Å². The number of rotatable bonds is 5. The van der Waals surface area contributed by atoms with Gasteiger partial charge in [0.25, 0.3) is 0 Å². The van der Waals surface area contributed by atoms with Crippen molar-refractivity contribution in [2.75, 3.05) is 0 Å². The minimum absolute atomic E-state index is 0.298. The first-order chi connectivity index (χ1) is 7.91. The van der Waals surface area contributed by atoms with Crippen LogP contribution in [-0.4, -0.2) is 27.8 Å². The summed E-state index contributed by atoms with van der Waals surface area (Å²) in [6.07, 6.45) is 8.36. The van der Waals surface area contributed by atoms with E-state index in [1.165, 1.54) is 24.8 Å². The van der Waals surface area contributed by atoms with Crippen LogP contribution >= 0.6 is 0 Å². The van der Waals surface area contributed by atoms with Gasteiger partial charge in [-0.25, -0.2) is 0 Å². The topological polar surface area (TPSA) is 83.5 Å². The standard InChI is InChI=1S/C13H23NO3/c1-13(17,8-7-11(14)12(15)16)9-10-5-3-2-4-6-10/h9,11,17H,2-8,14H2,1H3,(H,15,16)/t11-,13?/m0/s1. The van der Waals surface area contributed by atoms with Crippen LogP contribution in [0, 0.1) is 0 Å².